The van der Waals surface area contributed by atoms with Gasteiger partial charge in [0.1, 0.15) is 5.69 Å². The molecular weight excluding hydrogens is 216 g/mol. The number of terminal acetylenes is 1. The molecule has 1 aromatic heterocycles. The Morgan fingerprint density at radius 1 is 1.41 bits per heavy atom. The molecule has 0 unspecified atom stereocenters. The van der Waals surface area contributed by atoms with Gasteiger partial charge in [0.05, 0.1) is 29.8 Å². The first-order valence-corrected chi connectivity index (χ1v) is 5.22. The number of nitrogens with zero attached hydrogens (tertiary/aromatic N) is 4. The second-order valence-electron chi connectivity index (χ2n) is 3.85. The smallest absolute Gasteiger partial charge is 0.106 e. The minimum Gasteiger partial charge on any atom is -0.411 e. The minimum atomic E-state index is 0.569. The lowest BCUT2D eigenvalue weighted by atomic mass is 10.2. The molecule has 0 saturated carbocycles. The molecule has 0 aromatic carbocycles. The van der Waals surface area contributed by atoms with Crippen molar-refractivity contribution in [2.24, 2.45) is 5.16 Å². The fourth-order valence-electron chi connectivity index (χ4n) is 1.46. The van der Waals surface area contributed by atoms with Crippen LogP contribution in [0.15, 0.2) is 5.16 Å². The molecular formula is C12H16N4O. The lowest BCUT2D eigenvalue weighted by Crippen LogP contribution is -2.20. The highest BCUT2D eigenvalue weighted by Gasteiger charge is 2.08. The van der Waals surface area contributed by atoms with Crippen LogP contribution in [0.5, 0.6) is 0 Å². The van der Waals surface area contributed by atoms with E-state index < -0.39 is 0 Å². The topological polar surface area (TPSA) is 61.6 Å². The summed E-state index contributed by atoms with van der Waals surface area (Å²) in [5.74, 6) is 2.58. The maximum absolute atomic E-state index is 8.49. The average Bonchev–Trinajstić information content (AvgIpc) is 2.26. The summed E-state index contributed by atoms with van der Waals surface area (Å²) in [4.78, 5) is 10.7. The van der Waals surface area contributed by atoms with Crippen LogP contribution in [0.2, 0.25) is 0 Å². The number of aryl methyl sites for hydroxylation is 2. The zero-order valence-corrected chi connectivity index (χ0v) is 10.3. The van der Waals surface area contributed by atoms with Crippen molar-refractivity contribution in [2.75, 3.05) is 13.6 Å². The Labute approximate surface area is 101 Å². The monoisotopic (exact) mass is 232 g/mol. The van der Waals surface area contributed by atoms with E-state index in [0.29, 0.717) is 18.8 Å². The third kappa shape index (κ3) is 3.54. The van der Waals surface area contributed by atoms with Crippen LogP contribution < -0.4 is 0 Å². The molecule has 1 N–H and O–H groups in total. The van der Waals surface area contributed by atoms with Gasteiger partial charge in [0.15, 0.2) is 0 Å². The van der Waals surface area contributed by atoms with E-state index in [-0.39, 0.29) is 0 Å². The molecule has 5 nitrogen and oxygen atoms in total. The molecule has 0 radical (unpaired) electrons. The summed E-state index contributed by atoms with van der Waals surface area (Å²) in [6.07, 6.45) is 6.52. The molecule has 90 valence electrons. The van der Waals surface area contributed by atoms with E-state index >= 15 is 0 Å². The number of hydrogen-bond acceptors (Lipinski definition) is 5. The third-order valence-electron chi connectivity index (χ3n) is 2.34. The van der Waals surface area contributed by atoms with E-state index in [2.05, 4.69) is 21.0 Å². The molecule has 1 aromatic rings. The van der Waals surface area contributed by atoms with E-state index in [0.717, 1.165) is 17.1 Å². The average molecular weight is 232 g/mol. The zero-order valence-electron chi connectivity index (χ0n) is 10.3. The largest absolute Gasteiger partial charge is 0.411 e. The van der Waals surface area contributed by atoms with Gasteiger partial charge in [-0.2, -0.15) is 0 Å². The highest BCUT2D eigenvalue weighted by atomic mass is 16.4. The molecule has 0 saturated heterocycles. The molecule has 0 aliphatic rings. The van der Waals surface area contributed by atoms with Crippen LogP contribution >= 0.6 is 0 Å². The maximum atomic E-state index is 8.49. The SMILES string of the molecule is C#CCN(C)Cc1nc(C)c(/C=N\O)nc1C. The molecule has 0 atom stereocenters. The van der Waals surface area contributed by atoms with E-state index in [1.807, 2.05) is 25.8 Å². The van der Waals surface area contributed by atoms with Crippen molar-refractivity contribution in [1.82, 2.24) is 14.9 Å². The van der Waals surface area contributed by atoms with E-state index in [1.165, 1.54) is 6.21 Å². The van der Waals surface area contributed by atoms with Crippen LogP contribution in [0.3, 0.4) is 0 Å². The van der Waals surface area contributed by atoms with Gasteiger partial charge in [-0.1, -0.05) is 11.1 Å². The molecule has 0 aliphatic carbocycles. The number of oxime groups is 1. The number of aromatic nitrogens is 2. The molecule has 0 amide bonds. The molecule has 0 spiro atoms. The molecule has 1 heterocycles. The molecule has 5 heteroatoms. The maximum Gasteiger partial charge on any atom is 0.106 e. The van der Waals surface area contributed by atoms with E-state index in [1.54, 1.807) is 0 Å². The van der Waals surface area contributed by atoms with Crippen molar-refractivity contribution in [3.8, 4) is 12.3 Å². The van der Waals surface area contributed by atoms with Crippen molar-refractivity contribution < 1.29 is 5.21 Å². The van der Waals surface area contributed by atoms with Gasteiger partial charge in [0.25, 0.3) is 0 Å². The van der Waals surface area contributed by atoms with Crippen LogP contribution in [0.1, 0.15) is 22.8 Å². The Hall–Kier alpha value is -1.93. The zero-order chi connectivity index (χ0) is 12.8. The third-order valence-corrected chi connectivity index (χ3v) is 2.34. The summed E-state index contributed by atoms with van der Waals surface area (Å²) in [6, 6.07) is 0. The van der Waals surface area contributed by atoms with Crippen molar-refractivity contribution in [3.05, 3.63) is 22.8 Å². The molecule has 17 heavy (non-hydrogen) atoms. The van der Waals surface area contributed by atoms with Gasteiger partial charge in [-0.3, -0.25) is 9.88 Å². The first kappa shape index (κ1) is 13.1. The Balaban J connectivity index is 2.96. The van der Waals surface area contributed by atoms with Crippen molar-refractivity contribution in [1.29, 1.82) is 0 Å². The van der Waals surface area contributed by atoms with Crippen molar-refractivity contribution in [2.45, 2.75) is 20.4 Å². The van der Waals surface area contributed by atoms with E-state index in [9.17, 15) is 0 Å². The van der Waals surface area contributed by atoms with Gasteiger partial charge < -0.3 is 5.21 Å². The summed E-state index contributed by atoms with van der Waals surface area (Å²) >= 11 is 0. The van der Waals surface area contributed by atoms with Gasteiger partial charge in [-0.25, -0.2) is 4.98 Å². The van der Waals surface area contributed by atoms with Crippen molar-refractivity contribution >= 4 is 6.21 Å². The lowest BCUT2D eigenvalue weighted by molar-refractivity contribution is 0.321. The Kier molecular flexibility index (Phi) is 4.61. The normalized spacial score (nSPS) is 11.0. The summed E-state index contributed by atoms with van der Waals surface area (Å²) in [7, 11) is 1.93. The molecule has 0 fully saturated rings. The Morgan fingerprint density at radius 2 is 2.12 bits per heavy atom. The number of rotatable bonds is 4. The quantitative estimate of drug-likeness (QED) is 0.363. The first-order valence-electron chi connectivity index (χ1n) is 5.22. The molecule has 1 rings (SSSR count). The van der Waals surface area contributed by atoms with Crippen LogP contribution in [-0.2, 0) is 6.54 Å². The predicted octanol–water partition coefficient (Wildman–Crippen LogP) is 0.967. The second-order valence-corrected chi connectivity index (χ2v) is 3.85. The fraction of sp³-hybridized carbons (Fsp3) is 0.417. The molecule has 0 aliphatic heterocycles. The van der Waals surface area contributed by atoms with Gasteiger partial charge in [-0.15, -0.1) is 6.42 Å². The highest BCUT2D eigenvalue weighted by Crippen LogP contribution is 2.08. The first-order chi connectivity index (χ1) is 8.08. The second kappa shape index (κ2) is 5.97. The van der Waals surface area contributed by atoms with Gasteiger partial charge in [-0.05, 0) is 20.9 Å². The minimum absolute atomic E-state index is 0.569. The van der Waals surface area contributed by atoms with Crippen LogP contribution in [-0.4, -0.2) is 39.9 Å². The van der Waals surface area contributed by atoms with Crippen LogP contribution in [0, 0.1) is 26.2 Å². The summed E-state index contributed by atoms with van der Waals surface area (Å²) in [5, 5.41) is 11.5. The lowest BCUT2D eigenvalue weighted by Gasteiger charge is -2.14. The van der Waals surface area contributed by atoms with Crippen LogP contribution in [0.25, 0.3) is 0 Å². The summed E-state index contributed by atoms with van der Waals surface area (Å²) < 4.78 is 0. The summed E-state index contributed by atoms with van der Waals surface area (Å²) in [6.45, 7) is 4.93. The van der Waals surface area contributed by atoms with Crippen LogP contribution in [0.4, 0.5) is 0 Å². The fourth-order valence-corrected chi connectivity index (χ4v) is 1.46. The van der Waals surface area contributed by atoms with E-state index in [4.69, 9.17) is 11.6 Å². The van der Waals surface area contributed by atoms with Gasteiger partial charge >= 0.3 is 0 Å². The summed E-state index contributed by atoms with van der Waals surface area (Å²) in [5.41, 5.74) is 3.01. The standard InChI is InChI=1S/C12H16N4O/c1-5-6-16(4)8-12-10(3)14-11(7-13-17)9(2)15-12/h1,7,17H,6,8H2,2-4H3/b13-7-. The predicted molar refractivity (Wildman–Crippen MR) is 66.1 cm³/mol. The Morgan fingerprint density at radius 3 is 2.71 bits per heavy atom. The molecule has 0 bridgehead atoms. The Bertz CT molecular complexity index is 462. The van der Waals surface area contributed by atoms with Gasteiger partial charge in [0, 0.05) is 6.54 Å². The van der Waals surface area contributed by atoms with Gasteiger partial charge in [0.2, 0.25) is 0 Å². The number of hydrogen-bond donors (Lipinski definition) is 1. The van der Waals surface area contributed by atoms with Crippen molar-refractivity contribution in [3.63, 3.8) is 0 Å². The highest BCUT2D eigenvalue weighted by molar-refractivity contribution is 5.77.